The highest BCUT2D eigenvalue weighted by Gasteiger charge is 2.50. The molecule has 11 nitrogen and oxygen atoms in total. The van der Waals surface area contributed by atoms with Gasteiger partial charge in [0.05, 0.1) is 48.5 Å². The third kappa shape index (κ3) is 8.89. The Bertz CT molecular complexity index is 1040. The van der Waals surface area contributed by atoms with E-state index < -0.39 is 59.8 Å². The van der Waals surface area contributed by atoms with Gasteiger partial charge in [-0.2, -0.15) is 0 Å². The van der Waals surface area contributed by atoms with E-state index in [-0.39, 0.29) is 36.1 Å². The van der Waals surface area contributed by atoms with E-state index >= 15 is 0 Å². The van der Waals surface area contributed by atoms with E-state index in [0.717, 1.165) is 0 Å². The van der Waals surface area contributed by atoms with Crippen molar-refractivity contribution >= 4 is 11.9 Å². The first-order valence-electron chi connectivity index (χ1n) is 17.1. The van der Waals surface area contributed by atoms with Crippen LogP contribution >= 0.6 is 0 Å². The van der Waals surface area contributed by atoms with Crippen LogP contribution in [0.25, 0.3) is 0 Å². The number of nitrogens with zero attached hydrogens (tertiary/aromatic N) is 2. The van der Waals surface area contributed by atoms with Gasteiger partial charge in [0.2, 0.25) is 0 Å². The summed E-state index contributed by atoms with van der Waals surface area (Å²) in [6, 6.07) is -0.469. The molecular weight excluding hydrogens is 592 g/mol. The Morgan fingerprint density at radius 2 is 1.78 bits per heavy atom. The molecule has 11 heteroatoms. The van der Waals surface area contributed by atoms with Gasteiger partial charge in [0, 0.05) is 19.5 Å². The molecule has 0 aromatic heterocycles. The summed E-state index contributed by atoms with van der Waals surface area (Å²) >= 11 is 0. The first kappa shape index (κ1) is 38.8. The van der Waals surface area contributed by atoms with Crippen LogP contribution in [0, 0.1) is 17.8 Å². The van der Waals surface area contributed by atoms with Crippen molar-refractivity contribution in [1.29, 1.82) is 0 Å². The largest absolute Gasteiger partial charge is 0.459 e. The molecule has 2 unspecified atom stereocenters. The molecule has 3 saturated heterocycles. The number of esters is 2. The fourth-order valence-electron chi connectivity index (χ4n) is 8.14. The second-order valence-electron chi connectivity index (χ2n) is 15.0. The fourth-order valence-corrected chi connectivity index (χ4v) is 8.14. The summed E-state index contributed by atoms with van der Waals surface area (Å²) in [7, 11) is 3.86. The Balaban J connectivity index is 2.08. The summed E-state index contributed by atoms with van der Waals surface area (Å²) in [5.41, 5.74) is -2.82. The van der Waals surface area contributed by atoms with E-state index in [4.69, 9.17) is 23.7 Å². The number of likely N-dealkylation sites (N-methyl/N-ethyl adjacent to an activating group) is 1. The summed E-state index contributed by atoms with van der Waals surface area (Å²) in [5, 5.41) is 24.3. The van der Waals surface area contributed by atoms with Gasteiger partial charge in [0.25, 0.3) is 0 Å². The predicted molar refractivity (Wildman–Crippen MR) is 175 cm³/mol. The van der Waals surface area contributed by atoms with E-state index in [2.05, 4.69) is 18.4 Å². The smallest absolute Gasteiger partial charge is 0.309 e. The van der Waals surface area contributed by atoms with Crippen LogP contribution in [0.4, 0.5) is 0 Å². The molecule has 0 radical (unpaired) electrons. The number of ether oxygens (including phenoxy) is 5. The lowest BCUT2D eigenvalue weighted by molar-refractivity contribution is -0.298. The molecule has 3 aliphatic rings. The molecule has 3 fully saturated rings. The summed E-state index contributed by atoms with van der Waals surface area (Å²) in [4.78, 5) is 30.1. The average Bonchev–Trinajstić information content (AvgIpc) is 3.12. The van der Waals surface area contributed by atoms with Crippen molar-refractivity contribution in [3.63, 3.8) is 0 Å². The molecule has 2 bridgehead atoms. The molecule has 2 N–H and O–H groups in total. The Kier molecular flexibility index (Phi) is 13.3. The van der Waals surface area contributed by atoms with Crippen molar-refractivity contribution in [2.45, 2.75) is 154 Å². The molecule has 15 atom stereocenters. The number of hydrogen-bond acceptors (Lipinski definition) is 11. The highest BCUT2D eigenvalue weighted by atomic mass is 16.7. The molecule has 3 heterocycles. The minimum atomic E-state index is -1.43. The summed E-state index contributed by atoms with van der Waals surface area (Å²) in [5.74, 6) is -1.89. The molecule has 0 spiro atoms. The fraction of sp³-hybridized carbons (Fsp3) is 0.886. The first-order chi connectivity index (χ1) is 21.3. The lowest BCUT2D eigenvalue weighted by atomic mass is 9.80. The van der Waals surface area contributed by atoms with Crippen molar-refractivity contribution in [2.24, 2.45) is 17.8 Å². The van der Waals surface area contributed by atoms with Gasteiger partial charge in [-0.1, -0.05) is 33.8 Å². The quantitative estimate of drug-likeness (QED) is 0.323. The van der Waals surface area contributed by atoms with Gasteiger partial charge in [-0.05, 0) is 79.3 Å². The van der Waals surface area contributed by atoms with Crippen LogP contribution in [0.1, 0.15) is 88.0 Å². The summed E-state index contributed by atoms with van der Waals surface area (Å²) < 4.78 is 31.3. The van der Waals surface area contributed by atoms with Crippen molar-refractivity contribution in [3.05, 3.63) is 12.7 Å². The van der Waals surface area contributed by atoms with Gasteiger partial charge in [0.1, 0.15) is 11.7 Å². The Morgan fingerprint density at radius 3 is 2.35 bits per heavy atom. The van der Waals surface area contributed by atoms with Crippen LogP contribution in [-0.2, 0) is 33.3 Å². The number of fused-ring (bicyclic) bond motifs is 3. The number of hydrogen-bond donors (Lipinski definition) is 2. The van der Waals surface area contributed by atoms with Gasteiger partial charge in [-0.25, -0.2) is 0 Å². The second-order valence-corrected chi connectivity index (χ2v) is 15.0. The van der Waals surface area contributed by atoms with Crippen LogP contribution in [0.3, 0.4) is 0 Å². The van der Waals surface area contributed by atoms with Gasteiger partial charge < -0.3 is 38.8 Å². The highest BCUT2D eigenvalue weighted by Crippen LogP contribution is 2.38. The third-order valence-corrected chi connectivity index (χ3v) is 10.4. The van der Waals surface area contributed by atoms with Crippen LogP contribution in [0.15, 0.2) is 12.7 Å². The number of cyclic esters (lactones) is 1. The highest BCUT2D eigenvalue weighted by molar-refractivity contribution is 5.72. The van der Waals surface area contributed by atoms with Crippen LogP contribution in [0.5, 0.6) is 0 Å². The van der Waals surface area contributed by atoms with E-state index in [9.17, 15) is 19.8 Å². The lowest BCUT2D eigenvalue weighted by Crippen LogP contribution is -2.59. The monoisotopic (exact) mass is 654 g/mol. The van der Waals surface area contributed by atoms with Crippen molar-refractivity contribution < 1.29 is 43.5 Å². The second kappa shape index (κ2) is 15.7. The lowest BCUT2D eigenvalue weighted by Gasteiger charge is -2.47. The minimum absolute atomic E-state index is 0.127. The van der Waals surface area contributed by atoms with E-state index in [1.165, 1.54) is 6.92 Å². The van der Waals surface area contributed by atoms with Gasteiger partial charge >= 0.3 is 11.9 Å². The van der Waals surface area contributed by atoms with Crippen LogP contribution in [0.2, 0.25) is 0 Å². The zero-order valence-electron chi connectivity index (χ0n) is 30.1. The standard InChI is InChI=1S/C35H62N2O9/c1-13-26-19-42-31-22(5)18-37(26)23(6)17-34(9,40)30(20(3)15-21(4)32(39)45-28(14-2)35(31,10)41)46-33-29(44-25(8)38)27(36(11)12)16-24(7)43-33/h13,20-24,26-31,33,40-41H,1,14-19H2,2-12H3/t20-,21+,22-,23+,24+,26?,27-,28+,29+,30+,31+,33-,34+,35+/m0/s1. The van der Waals surface area contributed by atoms with Crippen molar-refractivity contribution in [2.75, 3.05) is 27.2 Å². The zero-order valence-corrected chi connectivity index (χ0v) is 30.1. The average molecular weight is 655 g/mol. The molecule has 266 valence electrons. The molecular formula is C35H62N2O9. The van der Waals surface area contributed by atoms with Crippen LogP contribution < -0.4 is 0 Å². The topological polar surface area (TPSA) is 127 Å². The van der Waals surface area contributed by atoms with Crippen molar-refractivity contribution in [1.82, 2.24) is 9.80 Å². The number of aliphatic hydroxyl groups is 2. The molecule has 0 aliphatic carbocycles. The van der Waals surface area contributed by atoms with E-state index in [1.54, 1.807) is 20.8 Å². The minimum Gasteiger partial charge on any atom is -0.459 e. The van der Waals surface area contributed by atoms with Gasteiger partial charge in [-0.15, -0.1) is 6.58 Å². The number of carbonyl (C=O) groups excluding carboxylic acids is 2. The molecule has 0 aromatic carbocycles. The maximum atomic E-state index is 13.6. The summed E-state index contributed by atoms with van der Waals surface area (Å²) in [6.07, 6.45) is -0.429. The third-order valence-electron chi connectivity index (χ3n) is 10.4. The normalized spacial score (nSPS) is 46.5. The van der Waals surface area contributed by atoms with Crippen molar-refractivity contribution in [3.8, 4) is 0 Å². The van der Waals surface area contributed by atoms with Gasteiger partial charge in [-0.3, -0.25) is 14.5 Å². The van der Waals surface area contributed by atoms with E-state index in [0.29, 0.717) is 38.8 Å². The first-order valence-corrected chi connectivity index (χ1v) is 17.1. The molecule has 3 rings (SSSR count). The van der Waals surface area contributed by atoms with E-state index in [1.807, 2.05) is 52.8 Å². The number of rotatable bonds is 6. The molecule has 0 aromatic rings. The number of carbonyl (C=O) groups is 2. The maximum absolute atomic E-state index is 13.6. The van der Waals surface area contributed by atoms with Gasteiger partial charge in [0.15, 0.2) is 12.4 Å². The predicted octanol–water partition coefficient (Wildman–Crippen LogP) is 3.54. The molecule has 0 saturated carbocycles. The molecule has 46 heavy (non-hydrogen) atoms. The maximum Gasteiger partial charge on any atom is 0.309 e. The molecule has 3 aliphatic heterocycles. The Hall–Kier alpha value is -1.60. The van der Waals surface area contributed by atoms with Crippen LogP contribution in [-0.4, -0.2) is 125 Å². The summed E-state index contributed by atoms with van der Waals surface area (Å²) in [6.45, 7) is 21.5. The Morgan fingerprint density at radius 1 is 1.13 bits per heavy atom. The zero-order chi connectivity index (χ0) is 34.7. The Labute approximate surface area is 276 Å². The SMILES string of the molecule is C=CC1CO[C@@H]2[C@@H](C)CN1[C@H](C)C[C@@](C)(O)[C@H](O[C@@H]1O[C@H](C)C[C@H](N(C)C)[C@H]1OC(C)=O)[C@@H](C)C[C@@H](C)C(=O)O[C@H](CC)[C@@]2(C)O. The molecule has 0 amide bonds.